The fourth-order valence-electron chi connectivity index (χ4n) is 1.67. The molecular weight excluding hydrogens is 214 g/mol. The Morgan fingerprint density at radius 3 is 2.76 bits per heavy atom. The SMILES string of the molecule is CCCNCCCCCCOc1cnn(C)c1. The molecule has 1 aromatic heterocycles. The average molecular weight is 239 g/mol. The van der Waals surface area contributed by atoms with Crippen molar-refractivity contribution in [2.45, 2.75) is 39.0 Å². The van der Waals surface area contributed by atoms with E-state index in [1.165, 1.54) is 25.7 Å². The second-order valence-corrected chi connectivity index (χ2v) is 4.36. The molecule has 98 valence electrons. The summed E-state index contributed by atoms with van der Waals surface area (Å²) in [5, 5.41) is 7.47. The van der Waals surface area contributed by atoms with Crippen LogP contribution in [0.2, 0.25) is 0 Å². The molecule has 1 rings (SSSR count). The van der Waals surface area contributed by atoms with Crippen LogP contribution in [0.25, 0.3) is 0 Å². The number of aryl methyl sites for hydroxylation is 1. The van der Waals surface area contributed by atoms with Crippen LogP contribution < -0.4 is 10.1 Å². The van der Waals surface area contributed by atoms with Crippen LogP contribution in [0.4, 0.5) is 0 Å². The number of aromatic nitrogens is 2. The second-order valence-electron chi connectivity index (χ2n) is 4.36. The molecule has 0 spiro atoms. The van der Waals surface area contributed by atoms with Gasteiger partial charge in [-0.15, -0.1) is 0 Å². The number of unbranched alkanes of at least 4 members (excludes halogenated alkanes) is 3. The number of hydrogen-bond donors (Lipinski definition) is 1. The predicted octanol–water partition coefficient (Wildman–Crippen LogP) is 2.36. The first kappa shape index (κ1) is 14.0. The Morgan fingerprint density at radius 1 is 1.24 bits per heavy atom. The maximum absolute atomic E-state index is 5.57. The molecule has 0 saturated heterocycles. The van der Waals surface area contributed by atoms with E-state index in [1.54, 1.807) is 10.9 Å². The van der Waals surface area contributed by atoms with Gasteiger partial charge in [-0.2, -0.15) is 5.10 Å². The first-order valence-electron chi connectivity index (χ1n) is 6.65. The molecule has 1 aromatic rings. The maximum Gasteiger partial charge on any atom is 0.157 e. The van der Waals surface area contributed by atoms with Gasteiger partial charge in [0.1, 0.15) is 0 Å². The van der Waals surface area contributed by atoms with E-state index in [2.05, 4.69) is 17.3 Å². The van der Waals surface area contributed by atoms with E-state index in [-0.39, 0.29) is 0 Å². The fraction of sp³-hybridized carbons (Fsp3) is 0.769. The summed E-state index contributed by atoms with van der Waals surface area (Å²) in [6.07, 6.45) is 9.80. The smallest absolute Gasteiger partial charge is 0.157 e. The number of nitrogens with zero attached hydrogens (tertiary/aromatic N) is 2. The van der Waals surface area contributed by atoms with Crippen LogP contribution in [0.1, 0.15) is 39.0 Å². The molecule has 4 heteroatoms. The molecule has 0 atom stereocenters. The molecule has 0 saturated carbocycles. The minimum absolute atomic E-state index is 0.800. The maximum atomic E-state index is 5.57. The molecule has 0 fully saturated rings. The van der Waals surface area contributed by atoms with E-state index in [9.17, 15) is 0 Å². The van der Waals surface area contributed by atoms with Crippen LogP contribution in [0.5, 0.6) is 5.75 Å². The van der Waals surface area contributed by atoms with Crippen molar-refractivity contribution in [3.8, 4) is 5.75 Å². The van der Waals surface area contributed by atoms with Gasteiger partial charge in [0.2, 0.25) is 0 Å². The molecule has 0 aromatic carbocycles. The van der Waals surface area contributed by atoms with Crippen molar-refractivity contribution >= 4 is 0 Å². The van der Waals surface area contributed by atoms with Gasteiger partial charge < -0.3 is 10.1 Å². The van der Waals surface area contributed by atoms with E-state index in [4.69, 9.17) is 4.74 Å². The van der Waals surface area contributed by atoms with Crippen molar-refractivity contribution in [1.29, 1.82) is 0 Å². The Hall–Kier alpha value is -1.03. The minimum atomic E-state index is 0.800. The van der Waals surface area contributed by atoms with Crippen LogP contribution in [0, 0.1) is 0 Å². The zero-order valence-corrected chi connectivity index (χ0v) is 11.1. The van der Waals surface area contributed by atoms with Gasteiger partial charge in [-0.05, 0) is 32.4 Å². The Labute approximate surface area is 104 Å². The largest absolute Gasteiger partial charge is 0.490 e. The minimum Gasteiger partial charge on any atom is -0.490 e. The van der Waals surface area contributed by atoms with Crippen LogP contribution in [-0.4, -0.2) is 29.5 Å². The van der Waals surface area contributed by atoms with E-state index >= 15 is 0 Å². The predicted molar refractivity (Wildman–Crippen MR) is 70.3 cm³/mol. The zero-order valence-electron chi connectivity index (χ0n) is 11.1. The summed E-state index contributed by atoms with van der Waals surface area (Å²) in [5.74, 6) is 0.872. The van der Waals surface area contributed by atoms with Gasteiger partial charge in [0.15, 0.2) is 5.75 Å². The lowest BCUT2D eigenvalue weighted by molar-refractivity contribution is 0.304. The van der Waals surface area contributed by atoms with Gasteiger partial charge in [0.25, 0.3) is 0 Å². The summed E-state index contributed by atoms with van der Waals surface area (Å²) in [7, 11) is 1.90. The topological polar surface area (TPSA) is 39.1 Å². The first-order valence-corrected chi connectivity index (χ1v) is 6.65. The van der Waals surface area contributed by atoms with Crippen LogP contribution in [0.3, 0.4) is 0 Å². The highest BCUT2D eigenvalue weighted by molar-refractivity contribution is 5.10. The van der Waals surface area contributed by atoms with Crippen molar-refractivity contribution in [1.82, 2.24) is 15.1 Å². The Balaban J connectivity index is 1.84. The summed E-state index contributed by atoms with van der Waals surface area (Å²) in [5.41, 5.74) is 0. The lowest BCUT2D eigenvalue weighted by Gasteiger charge is -2.04. The molecule has 0 aliphatic carbocycles. The summed E-state index contributed by atoms with van der Waals surface area (Å²) in [6, 6.07) is 0. The molecule has 1 N–H and O–H groups in total. The molecule has 4 nitrogen and oxygen atoms in total. The third kappa shape index (κ3) is 7.00. The van der Waals surface area contributed by atoms with Crippen molar-refractivity contribution in [3.63, 3.8) is 0 Å². The number of ether oxygens (including phenoxy) is 1. The highest BCUT2D eigenvalue weighted by Gasteiger charge is 1.96. The van der Waals surface area contributed by atoms with E-state index in [0.717, 1.165) is 31.9 Å². The summed E-state index contributed by atoms with van der Waals surface area (Å²) in [6.45, 7) is 5.29. The van der Waals surface area contributed by atoms with Crippen molar-refractivity contribution in [3.05, 3.63) is 12.4 Å². The molecule has 0 amide bonds. The Kier molecular flexibility index (Phi) is 7.47. The molecule has 1 heterocycles. The summed E-state index contributed by atoms with van der Waals surface area (Å²) >= 11 is 0. The number of rotatable bonds is 10. The Bertz CT molecular complexity index is 286. The van der Waals surface area contributed by atoms with Crippen molar-refractivity contribution in [2.24, 2.45) is 7.05 Å². The molecule has 0 aliphatic rings. The number of nitrogens with one attached hydrogen (secondary N) is 1. The molecule has 0 unspecified atom stereocenters. The van der Waals surface area contributed by atoms with Gasteiger partial charge in [-0.3, -0.25) is 4.68 Å². The zero-order chi connectivity index (χ0) is 12.3. The highest BCUT2D eigenvalue weighted by Crippen LogP contribution is 2.08. The van der Waals surface area contributed by atoms with Gasteiger partial charge in [-0.1, -0.05) is 19.8 Å². The molecule has 0 bridgehead atoms. The van der Waals surface area contributed by atoms with Crippen LogP contribution in [0.15, 0.2) is 12.4 Å². The third-order valence-corrected chi connectivity index (χ3v) is 2.62. The van der Waals surface area contributed by atoms with Gasteiger partial charge in [0, 0.05) is 7.05 Å². The van der Waals surface area contributed by atoms with Gasteiger partial charge >= 0.3 is 0 Å². The van der Waals surface area contributed by atoms with Crippen LogP contribution in [-0.2, 0) is 7.05 Å². The van der Waals surface area contributed by atoms with Crippen molar-refractivity contribution < 1.29 is 4.74 Å². The molecule has 17 heavy (non-hydrogen) atoms. The summed E-state index contributed by atoms with van der Waals surface area (Å²) < 4.78 is 7.33. The number of hydrogen-bond acceptors (Lipinski definition) is 3. The fourth-order valence-corrected chi connectivity index (χ4v) is 1.67. The van der Waals surface area contributed by atoms with Crippen LogP contribution >= 0.6 is 0 Å². The summed E-state index contributed by atoms with van der Waals surface area (Å²) in [4.78, 5) is 0. The van der Waals surface area contributed by atoms with E-state index < -0.39 is 0 Å². The molecule has 0 aliphatic heterocycles. The lowest BCUT2D eigenvalue weighted by atomic mass is 10.2. The normalized spacial score (nSPS) is 10.7. The van der Waals surface area contributed by atoms with Crippen molar-refractivity contribution in [2.75, 3.05) is 19.7 Å². The standard InChI is InChI=1S/C13H25N3O/c1-3-8-14-9-6-4-5-7-10-17-13-11-15-16(2)12-13/h11-12,14H,3-10H2,1-2H3. The highest BCUT2D eigenvalue weighted by atomic mass is 16.5. The molecular formula is C13H25N3O. The lowest BCUT2D eigenvalue weighted by Crippen LogP contribution is -2.15. The monoisotopic (exact) mass is 239 g/mol. The quantitative estimate of drug-likeness (QED) is 0.637. The second kappa shape index (κ2) is 9.05. The van der Waals surface area contributed by atoms with E-state index in [1.807, 2.05) is 13.2 Å². The molecule has 0 radical (unpaired) electrons. The Morgan fingerprint density at radius 2 is 2.06 bits per heavy atom. The average Bonchev–Trinajstić information content (AvgIpc) is 2.73. The third-order valence-electron chi connectivity index (χ3n) is 2.62. The van der Waals surface area contributed by atoms with E-state index in [0.29, 0.717) is 0 Å². The first-order chi connectivity index (χ1) is 8.33. The van der Waals surface area contributed by atoms with Gasteiger partial charge in [-0.25, -0.2) is 0 Å². The van der Waals surface area contributed by atoms with Gasteiger partial charge in [0.05, 0.1) is 19.0 Å².